The van der Waals surface area contributed by atoms with Crippen molar-refractivity contribution in [1.29, 1.82) is 5.26 Å². The highest BCUT2D eigenvalue weighted by molar-refractivity contribution is 9.10. The van der Waals surface area contributed by atoms with E-state index in [2.05, 4.69) is 21.2 Å². The van der Waals surface area contributed by atoms with Gasteiger partial charge >= 0.3 is 0 Å². The molecule has 0 aromatic heterocycles. The van der Waals surface area contributed by atoms with E-state index in [0.717, 1.165) is 0 Å². The number of halogens is 2. The molecule has 1 aromatic rings. The summed E-state index contributed by atoms with van der Waals surface area (Å²) in [6, 6.07) is 4.92. The molecule has 0 aliphatic carbocycles. The number of benzene rings is 1. The molecule has 2 N–H and O–H groups in total. The maximum Gasteiger partial charge on any atom is 0.161 e. The Morgan fingerprint density at radius 3 is 2.88 bits per heavy atom. The maximum absolute atomic E-state index is 13.7. The van der Waals surface area contributed by atoms with Gasteiger partial charge in [0.2, 0.25) is 0 Å². The molecule has 1 atom stereocenters. The lowest BCUT2D eigenvalue weighted by atomic mass is 10.2. The highest BCUT2D eigenvalue weighted by Crippen LogP contribution is 2.27. The molecule has 0 radical (unpaired) electrons. The first-order valence-electron chi connectivity index (χ1n) is 4.85. The molecular formula is C11H12BrFN2O. The van der Waals surface area contributed by atoms with Gasteiger partial charge in [-0.15, -0.1) is 0 Å². The fourth-order valence-electron chi connectivity index (χ4n) is 1.28. The van der Waals surface area contributed by atoms with Crippen molar-refractivity contribution in [1.82, 2.24) is 0 Å². The smallest absolute Gasteiger partial charge is 0.161 e. The van der Waals surface area contributed by atoms with Crippen LogP contribution in [0.15, 0.2) is 16.6 Å². The summed E-state index contributed by atoms with van der Waals surface area (Å²) in [5.41, 5.74) is 0.588. The van der Waals surface area contributed by atoms with Gasteiger partial charge in [0.15, 0.2) is 5.82 Å². The number of anilines is 1. The second-order valence-electron chi connectivity index (χ2n) is 3.46. The van der Waals surface area contributed by atoms with E-state index in [1.807, 2.05) is 13.0 Å². The standard InChI is InChI=1S/C11H12BrFN2O/c1-7(4-5-16)15-9-3-2-8(6-14)10(12)11(9)13/h2-3,7,15-16H,4-5H2,1H3. The number of aliphatic hydroxyl groups excluding tert-OH is 1. The maximum atomic E-state index is 13.7. The van der Waals surface area contributed by atoms with E-state index in [0.29, 0.717) is 12.1 Å². The first-order chi connectivity index (χ1) is 7.60. The molecule has 86 valence electrons. The zero-order chi connectivity index (χ0) is 12.1. The molecule has 0 saturated heterocycles. The lowest BCUT2D eigenvalue weighted by Gasteiger charge is -2.15. The van der Waals surface area contributed by atoms with Crippen LogP contribution in [0.2, 0.25) is 0 Å². The number of hydrogen-bond acceptors (Lipinski definition) is 3. The quantitative estimate of drug-likeness (QED) is 0.895. The van der Waals surface area contributed by atoms with Crippen molar-refractivity contribution in [2.45, 2.75) is 19.4 Å². The van der Waals surface area contributed by atoms with E-state index in [1.54, 1.807) is 6.07 Å². The minimum Gasteiger partial charge on any atom is -0.396 e. The molecule has 1 aromatic carbocycles. The first kappa shape index (κ1) is 12.9. The van der Waals surface area contributed by atoms with E-state index in [-0.39, 0.29) is 22.7 Å². The molecule has 5 heteroatoms. The second kappa shape index (κ2) is 5.83. The Balaban J connectivity index is 2.91. The molecule has 3 nitrogen and oxygen atoms in total. The fourth-order valence-corrected chi connectivity index (χ4v) is 1.71. The Kier molecular flexibility index (Phi) is 4.71. The number of nitriles is 1. The molecule has 0 aliphatic heterocycles. The van der Waals surface area contributed by atoms with Gasteiger partial charge in [0.1, 0.15) is 6.07 Å². The SMILES string of the molecule is CC(CCO)Nc1ccc(C#N)c(Br)c1F. The van der Waals surface area contributed by atoms with Gasteiger partial charge in [-0.05, 0) is 41.4 Å². The monoisotopic (exact) mass is 286 g/mol. The van der Waals surface area contributed by atoms with Gasteiger partial charge in [0.25, 0.3) is 0 Å². The summed E-state index contributed by atoms with van der Waals surface area (Å²) >= 11 is 3.03. The molecule has 0 saturated carbocycles. The van der Waals surface area contributed by atoms with Gasteiger partial charge in [-0.1, -0.05) is 0 Å². The van der Waals surface area contributed by atoms with Gasteiger partial charge in [-0.2, -0.15) is 5.26 Å². The lowest BCUT2D eigenvalue weighted by molar-refractivity contribution is 0.282. The summed E-state index contributed by atoms with van der Waals surface area (Å²) in [4.78, 5) is 0. The Morgan fingerprint density at radius 2 is 2.31 bits per heavy atom. The van der Waals surface area contributed by atoms with E-state index >= 15 is 0 Å². The molecule has 0 amide bonds. The number of rotatable bonds is 4. The van der Waals surface area contributed by atoms with Crippen molar-refractivity contribution >= 4 is 21.6 Å². The normalized spacial score (nSPS) is 11.9. The average molecular weight is 287 g/mol. The highest BCUT2D eigenvalue weighted by Gasteiger charge is 2.12. The molecule has 0 bridgehead atoms. The van der Waals surface area contributed by atoms with Gasteiger partial charge in [-0.3, -0.25) is 0 Å². The van der Waals surface area contributed by atoms with Crippen LogP contribution in [0.3, 0.4) is 0 Å². The zero-order valence-corrected chi connectivity index (χ0v) is 10.4. The van der Waals surface area contributed by atoms with Crippen LogP contribution in [-0.2, 0) is 0 Å². The summed E-state index contributed by atoms with van der Waals surface area (Å²) < 4.78 is 13.9. The van der Waals surface area contributed by atoms with Crippen molar-refractivity contribution in [3.05, 3.63) is 28.0 Å². The molecule has 0 fully saturated rings. The van der Waals surface area contributed by atoms with Crippen LogP contribution in [0.25, 0.3) is 0 Å². The van der Waals surface area contributed by atoms with E-state index in [9.17, 15) is 4.39 Å². The van der Waals surface area contributed by atoms with E-state index in [1.165, 1.54) is 6.07 Å². The van der Waals surface area contributed by atoms with E-state index in [4.69, 9.17) is 10.4 Å². The van der Waals surface area contributed by atoms with Crippen molar-refractivity contribution in [2.75, 3.05) is 11.9 Å². The zero-order valence-electron chi connectivity index (χ0n) is 8.80. The number of nitrogens with one attached hydrogen (secondary N) is 1. The summed E-state index contributed by atoms with van der Waals surface area (Å²) in [6.45, 7) is 1.90. The minimum absolute atomic E-state index is 0.0284. The van der Waals surface area contributed by atoms with Crippen LogP contribution >= 0.6 is 15.9 Å². The predicted octanol–water partition coefficient (Wildman–Crippen LogP) is 2.64. The Labute approximate surface area is 102 Å². The van der Waals surface area contributed by atoms with Crippen LogP contribution in [-0.4, -0.2) is 17.8 Å². The predicted molar refractivity (Wildman–Crippen MR) is 63.6 cm³/mol. The van der Waals surface area contributed by atoms with Crippen LogP contribution in [0.1, 0.15) is 18.9 Å². The fraction of sp³-hybridized carbons (Fsp3) is 0.364. The molecule has 16 heavy (non-hydrogen) atoms. The lowest BCUT2D eigenvalue weighted by Crippen LogP contribution is -2.17. The third-order valence-corrected chi connectivity index (χ3v) is 2.94. The molecule has 1 rings (SSSR count). The number of aliphatic hydroxyl groups is 1. The molecule has 0 heterocycles. The molecular weight excluding hydrogens is 275 g/mol. The molecule has 0 aliphatic rings. The average Bonchev–Trinajstić information content (AvgIpc) is 2.25. The largest absolute Gasteiger partial charge is 0.396 e. The number of nitrogens with zero attached hydrogens (tertiary/aromatic N) is 1. The first-order valence-corrected chi connectivity index (χ1v) is 5.65. The van der Waals surface area contributed by atoms with E-state index < -0.39 is 5.82 Å². The summed E-state index contributed by atoms with van der Waals surface area (Å²) in [5, 5.41) is 20.4. The van der Waals surface area contributed by atoms with Crippen molar-refractivity contribution in [3.8, 4) is 6.07 Å². The van der Waals surface area contributed by atoms with Crippen LogP contribution in [0, 0.1) is 17.1 Å². The summed E-state index contributed by atoms with van der Waals surface area (Å²) in [7, 11) is 0. The molecule has 1 unspecified atom stereocenters. The third-order valence-electron chi connectivity index (χ3n) is 2.17. The van der Waals surface area contributed by atoms with Crippen molar-refractivity contribution in [3.63, 3.8) is 0 Å². The van der Waals surface area contributed by atoms with Gasteiger partial charge in [-0.25, -0.2) is 4.39 Å². The van der Waals surface area contributed by atoms with Crippen molar-refractivity contribution in [2.24, 2.45) is 0 Å². The van der Waals surface area contributed by atoms with Gasteiger partial charge in [0, 0.05) is 12.6 Å². The van der Waals surface area contributed by atoms with Crippen molar-refractivity contribution < 1.29 is 9.50 Å². The molecule has 0 spiro atoms. The summed E-state index contributed by atoms with van der Waals surface area (Å²) in [5.74, 6) is -0.483. The van der Waals surface area contributed by atoms with Crippen LogP contribution in [0.4, 0.5) is 10.1 Å². The highest BCUT2D eigenvalue weighted by atomic mass is 79.9. The second-order valence-corrected chi connectivity index (χ2v) is 4.25. The Bertz CT molecular complexity index is 417. The topological polar surface area (TPSA) is 56.0 Å². The Morgan fingerprint density at radius 1 is 1.62 bits per heavy atom. The Hall–Kier alpha value is -1.12. The third kappa shape index (κ3) is 2.94. The van der Waals surface area contributed by atoms with Gasteiger partial charge in [0.05, 0.1) is 15.7 Å². The van der Waals surface area contributed by atoms with Crippen LogP contribution in [0.5, 0.6) is 0 Å². The van der Waals surface area contributed by atoms with Gasteiger partial charge < -0.3 is 10.4 Å². The minimum atomic E-state index is -0.483. The number of hydrogen-bond donors (Lipinski definition) is 2. The summed E-state index contributed by atoms with van der Waals surface area (Å²) in [6.07, 6.45) is 0.539. The van der Waals surface area contributed by atoms with Crippen LogP contribution < -0.4 is 5.32 Å².